The molecule has 0 bridgehead atoms. The Labute approximate surface area is 172 Å². The van der Waals surface area contributed by atoms with Gasteiger partial charge in [-0.3, -0.25) is 10.2 Å². The SMILES string of the molecule is Nc1cccc(C2CCN(NC(=O)C(c3ccccc3)c3ccccc3)CC2)c1. The highest BCUT2D eigenvalue weighted by Crippen LogP contribution is 2.29. The number of piperidine rings is 1. The molecule has 148 valence electrons. The number of nitrogens with one attached hydrogen (secondary N) is 1. The molecule has 0 spiro atoms. The fourth-order valence-corrected chi connectivity index (χ4v) is 4.14. The molecule has 4 rings (SSSR count). The number of anilines is 1. The van der Waals surface area contributed by atoms with Crippen molar-refractivity contribution in [2.75, 3.05) is 18.8 Å². The summed E-state index contributed by atoms with van der Waals surface area (Å²) >= 11 is 0. The Morgan fingerprint density at radius 2 is 1.45 bits per heavy atom. The van der Waals surface area contributed by atoms with Crippen LogP contribution in [0, 0.1) is 0 Å². The summed E-state index contributed by atoms with van der Waals surface area (Å²) in [5.41, 5.74) is 13.2. The minimum atomic E-state index is -0.316. The summed E-state index contributed by atoms with van der Waals surface area (Å²) in [6.07, 6.45) is 2.01. The molecular formula is C25H27N3O. The number of nitrogens with zero attached hydrogens (tertiary/aromatic N) is 1. The van der Waals surface area contributed by atoms with Crippen molar-refractivity contribution in [2.45, 2.75) is 24.7 Å². The molecule has 0 aliphatic carbocycles. The Hall–Kier alpha value is -3.11. The van der Waals surface area contributed by atoms with Gasteiger partial charge in [0.2, 0.25) is 5.91 Å². The van der Waals surface area contributed by atoms with Crippen molar-refractivity contribution >= 4 is 11.6 Å². The number of carbonyl (C=O) groups is 1. The van der Waals surface area contributed by atoms with Crippen molar-refractivity contribution in [1.29, 1.82) is 0 Å². The normalized spacial score (nSPS) is 15.3. The van der Waals surface area contributed by atoms with Gasteiger partial charge in [0.25, 0.3) is 0 Å². The summed E-state index contributed by atoms with van der Waals surface area (Å²) in [6.45, 7) is 1.67. The Bertz CT molecular complexity index is 895. The van der Waals surface area contributed by atoms with Crippen LogP contribution in [0.3, 0.4) is 0 Å². The van der Waals surface area contributed by atoms with E-state index >= 15 is 0 Å². The first-order chi connectivity index (χ1) is 14.2. The largest absolute Gasteiger partial charge is 0.399 e. The van der Waals surface area contributed by atoms with Gasteiger partial charge in [0.15, 0.2) is 0 Å². The van der Waals surface area contributed by atoms with Crippen LogP contribution in [0.1, 0.15) is 41.4 Å². The molecule has 3 aromatic rings. The van der Waals surface area contributed by atoms with Crippen LogP contribution in [0.4, 0.5) is 5.69 Å². The Morgan fingerprint density at radius 1 is 0.862 bits per heavy atom. The molecule has 4 nitrogen and oxygen atoms in total. The second kappa shape index (κ2) is 8.93. The van der Waals surface area contributed by atoms with Crippen molar-refractivity contribution in [2.24, 2.45) is 0 Å². The highest BCUT2D eigenvalue weighted by molar-refractivity contribution is 5.86. The third kappa shape index (κ3) is 4.66. The van der Waals surface area contributed by atoms with Gasteiger partial charge in [-0.25, -0.2) is 5.01 Å². The zero-order chi connectivity index (χ0) is 20.1. The lowest BCUT2D eigenvalue weighted by Gasteiger charge is -2.33. The predicted molar refractivity (Wildman–Crippen MR) is 117 cm³/mol. The quantitative estimate of drug-likeness (QED) is 0.644. The van der Waals surface area contributed by atoms with Crippen LogP contribution < -0.4 is 11.2 Å². The first-order valence-corrected chi connectivity index (χ1v) is 10.2. The van der Waals surface area contributed by atoms with Crippen molar-refractivity contribution < 1.29 is 4.79 Å². The maximum Gasteiger partial charge on any atom is 0.246 e. The first-order valence-electron chi connectivity index (χ1n) is 10.2. The number of benzene rings is 3. The van der Waals surface area contributed by atoms with E-state index in [1.54, 1.807) is 0 Å². The second-order valence-electron chi connectivity index (χ2n) is 7.66. The summed E-state index contributed by atoms with van der Waals surface area (Å²) in [5.74, 6) is 0.194. The van der Waals surface area contributed by atoms with E-state index < -0.39 is 0 Å². The van der Waals surface area contributed by atoms with Gasteiger partial charge in [0.1, 0.15) is 0 Å². The monoisotopic (exact) mass is 385 g/mol. The van der Waals surface area contributed by atoms with E-state index in [1.807, 2.05) is 72.8 Å². The van der Waals surface area contributed by atoms with Crippen molar-refractivity contribution in [3.63, 3.8) is 0 Å². The van der Waals surface area contributed by atoms with Crippen LogP contribution in [0.2, 0.25) is 0 Å². The molecule has 3 aromatic carbocycles. The van der Waals surface area contributed by atoms with E-state index in [0.717, 1.165) is 42.7 Å². The highest BCUT2D eigenvalue weighted by atomic mass is 16.2. The number of rotatable bonds is 5. The van der Waals surface area contributed by atoms with E-state index in [4.69, 9.17) is 5.73 Å². The number of hydrogen-bond donors (Lipinski definition) is 2. The summed E-state index contributed by atoms with van der Waals surface area (Å²) in [4.78, 5) is 13.2. The molecule has 3 N–H and O–H groups in total. The Morgan fingerprint density at radius 3 is 2.00 bits per heavy atom. The molecule has 29 heavy (non-hydrogen) atoms. The zero-order valence-electron chi connectivity index (χ0n) is 16.5. The first kappa shape index (κ1) is 19.2. The van der Waals surface area contributed by atoms with E-state index in [0.29, 0.717) is 5.92 Å². The van der Waals surface area contributed by atoms with Gasteiger partial charge in [0.05, 0.1) is 5.92 Å². The smallest absolute Gasteiger partial charge is 0.246 e. The van der Waals surface area contributed by atoms with Crippen LogP contribution >= 0.6 is 0 Å². The Balaban J connectivity index is 1.44. The van der Waals surface area contributed by atoms with E-state index in [2.05, 4.69) is 22.6 Å². The molecule has 0 saturated carbocycles. The lowest BCUT2D eigenvalue weighted by molar-refractivity contribution is -0.127. The molecule has 1 saturated heterocycles. The molecule has 1 aliphatic heterocycles. The molecule has 1 heterocycles. The zero-order valence-corrected chi connectivity index (χ0v) is 16.5. The third-order valence-electron chi connectivity index (χ3n) is 5.67. The van der Waals surface area contributed by atoms with E-state index in [9.17, 15) is 4.79 Å². The van der Waals surface area contributed by atoms with Gasteiger partial charge in [-0.05, 0) is 47.6 Å². The molecule has 0 atom stereocenters. The number of amides is 1. The van der Waals surface area contributed by atoms with Crippen LogP contribution in [0.15, 0.2) is 84.9 Å². The standard InChI is InChI=1S/C25H27N3O/c26-23-13-7-12-22(18-23)19-14-16-28(17-15-19)27-25(29)24(20-8-3-1-4-9-20)21-10-5-2-6-11-21/h1-13,18-19,24H,14-17,26H2,(H,27,29). The fourth-order valence-electron chi connectivity index (χ4n) is 4.14. The van der Waals surface area contributed by atoms with Crippen LogP contribution in [-0.2, 0) is 4.79 Å². The second-order valence-corrected chi connectivity index (χ2v) is 7.66. The maximum absolute atomic E-state index is 13.2. The van der Waals surface area contributed by atoms with Gasteiger partial charge in [0, 0.05) is 18.8 Å². The molecule has 0 aromatic heterocycles. The number of hydrogen-bond acceptors (Lipinski definition) is 3. The average Bonchev–Trinajstić information content (AvgIpc) is 2.76. The number of nitrogens with two attached hydrogens (primary N) is 1. The number of hydrazine groups is 1. The number of carbonyl (C=O) groups excluding carboxylic acids is 1. The average molecular weight is 386 g/mol. The molecule has 1 aliphatic rings. The van der Waals surface area contributed by atoms with Crippen LogP contribution in [0.25, 0.3) is 0 Å². The molecule has 0 unspecified atom stereocenters. The minimum absolute atomic E-state index is 0.0183. The highest BCUT2D eigenvalue weighted by Gasteiger charge is 2.27. The van der Waals surface area contributed by atoms with Gasteiger partial charge in [-0.15, -0.1) is 0 Å². The molecule has 1 fully saturated rings. The molecule has 1 amide bonds. The lowest BCUT2D eigenvalue weighted by Crippen LogP contribution is -2.48. The minimum Gasteiger partial charge on any atom is -0.399 e. The van der Waals surface area contributed by atoms with Crippen LogP contribution in [-0.4, -0.2) is 24.0 Å². The number of nitrogen functional groups attached to an aromatic ring is 1. The van der Waals surface area contributed by atoms with Crippen LogP contribution in [0.5, 0.6) is 0 Å². The summed E-state index contributed by atoms with van der Waals surface area (Å²) in [5, 5.41) is 2.06. The van der Waals surface area contributed by atoms with Gasteiger partial charge >= 0.3 is 0 Å². The third-order valence-corrected chi connectivity index (χ3v) is 5.67. The Kier molecular flexibility index (Phi) is 5.92. The van der Waals surface area contributed by atoms with Crippen molar-refractivity contribution in [1.82, 2.24) is 10.4 Å². The lowest BCUT2D eigenvalue weighted by atomic mass is 9.89. The van der Waals surface area contributed by atoms with Crippen molar-refractivity contribution in [3.05, 3.63) is 102 Å². The summed E-state index contributed by atoms with van der Waals surface area (Å²) in [7, 11) is 0. The van der Waals surface area contributed by atoms with E-state index in [-0.39, 0.29) is 11.8 Å². The van der Waals surface area contributed by atoms with Crippen molar-refractivity contribution in [3.8, 4) is 0 Å². The van der Waals surface area contributed by atoms with Gasteiger partial charge in [-0.2, -0.15) is 0 Å². The molecular weight excluding hydrogens is 358 g/mol. The summed E-state index contributed by atoms with van der Waals surface area (Å²) in [6, 6.07) is 28.1. The topological polar surface area (TPSA) is 58.4 Å². The maximum atomic E-state index is 13.2. The molecule has 4 heteroatoms. The van der Waals surface area contributed by atoms with Gasteiger partial charge < -0.3 is 5.73 Å². The molecule has 0 radical (unpaired) electrons. The summed E-state index contributed by atoms with van der Waals surface area (Å²) < 4.78 is 0. The fraction of sp³-hybridized carbons (Fsp3) is 0.240. The van der Waals surface area contributed by atoms with E-state index in [1.165, 1.54) is 5.56 Å². The predicted octanol–water partition coefficient (Wildman–Crippen LogP) is 4.31. The van der Waals surface area contributed by atoms with Gasteiger partial charge in [-0.1, -0.05) is 72.8 Å².